The first-order valence-corrected chi connectivity index (χ1v) is 9.82. The molecular formula is C19H22N6O3S. The van der Waals surface area contributed by atoms with Crippen molar-refractivity contribution in [2.75, 3.05) is 18.3 Å². The Morgan fingerprint density at radius 1 is 1.31 bits per heavy atom. The SMILES string of the molecule is CCCn1c(N)c(-c2csc(N/N=C\c3ccc(OC)cc3)n2)c(=O)n(C)c1=O. The molecule has 3 rings (SSSR count). The number of aromatic nitrogens is 3. The Balaban J connectivity index is 1.85. The highest BCUT2D eigenvalue weighted by Crippen LogP contribution is 2.26. The first-order valence-electron chi connectivity index (χ1n) is 8.94. The lowest BCUT2D eigenvalue weighted by atomic mass is 10.2. The van der Waals surface area contributed by atoms with Crippen LogP contribution in [0.4, 0.5) is 10.9 Å². The topological polar surface area (TPSA) is 117 Å². The third-order valence-electron chi connectivity index (χ3n) is 4.28. The number of nitrogens with one attached hydrogen (secondary N) is 1. The standard InChI is InChI=1S/C19H22N6O3S/c1-4-9-25-16(20)15(17(26)24(2)19(25)27)14-11-29-18(22-14)23-21-10-12-5-7-13(28-3)8-6-12/h5-8,10-11H,4,9,20H2,1-3H3,(H,22,23)/b21-10-. The van der Waals surface area contributed by atoms with Crippen molar-refractivity contribution < 1.29 is 4.74 Å². The van der Waals surface area contributed by atoms with Gasteiger partial charge < -0.3 is 10.5 Å². The lowest BCUT2D eigenvalue weighted by molar-refractivity contribution is 0.415. The predicted octanol–water partition coefficient (Wildman–Crippen LogP) is 2.12. The van der Waals surface area contributed by atoms with Crippen molar-refractivity contribution in [1.29, 1.82) is 0 Å². The molecule has 1 aromatic carbocycles. The average molecular weight is 414 g/mol. The van der Waals surface area contributed by atoms with Crippen molar-refractivity contribution in [2.45, 2.75) is 19.9 Å². The molecule has 0 unspecified atom stereocenters. The van der Waals surface area contributed by atoms with Crippen molar-refractivity contribution in [3.8, 4) is 17.0 Å². The average Bonchev–Trinajstić information content (AvgIpc) is 3.18. The minimum atomic E-state index is -0.474. The van der Waals surface area contributed by atoms with Gasteiger partial charge in [-0.25, -0.2) is 9.78 Å². The molecule has 0 bridgehead atoms. The lowest BCUT2D eigenvalue weighted by Crippen LogP contribution is -2.40. The van der Waals surface area contributed by atoms with Crippen LogP contribution in [0.3, 0.4) is 0 Å². The highest BCUT2D eigenvalue weighted by atomic mass is 32.1. The molecule has 3 N–H and O–H groups in total. The minimum absolute atomic E-state index is 0.124. The summed E-state index contributed by atoms with van der Waals surface area (Å²) in [5.74, 6) is 0.891. The zero-order valence-corrected chi connectivity index (χ0v) is 17.2. The molecule has 152 valence electrons. The van der Waals surface area contributed by atoms with Gasteiger partial charge in [0.15, 0.2) is 0 Å². The summed E-state index contributed by atoms with van der Waals surface area (Å²) in [6.45, 7) is 2.36. The molecule has 0 fully saturated rings. The number of rotatable bonds is 7. The van der Waals surface area contributed by atoms with E-state index in [0.717, 1.165) is 15.9 Å². The highest BCUT2D eigenvalue weighted by Gasteiger charge is 2.18. The van der Waals surface area contributed by atoms with Crippen molar-refractivity contribution >= 4 is 28.5 Å². The van der Waals surface area contributed by atoms with E-state index in [1.54, 1.807) is 18.7 Å². The number of hydrogen-bond acceptors (Lipinski definition) is 8. The number of thiazole rings is 1. The molecule has 0 saturated heterocycles. The third kappa shape index (κ3) is 4.21. The number of nitrogens with two attached hydrogens (primary N) is 1. The summed E-state index contributed by atoms with van der Waals surface area (Å²) >= 11 is 1.29. The van der Waals surface area contributed by atoms with Crippen LogP contribution >= 0.6 is 11.3 Å². The van der Waals surface area contributed by atoms with Crippen LogP contribution in [0.25, 0.3) is 11.3 Å². The van der Waals surface area contributed by atoms with Crippen LogP contribution < -0.4 is 27.1 Å². The molecule has 0 spiro atoms. The molecule has 0 amide bonds. The Bertz CT molecular complexity index is 1140. The Hall–Kier alpha value is -3.40. The second-order valence-corrected chi connectivity index (χ2v) is 7.10. The number of hydrogen-bond donors (Lipinski definition) is 2. The van der Waals surface area contributed by atoms with E-state index >= 15 is 0 Å². The maximum Gasteiger partial charge on any atom is 0.332 e. The molecule has 9 nitrogen and oxygen atoms in total. The maximum atomic E-state index is 12.6. The first kappa shape index (κ1) is 20.3. The Morgan fingerprint density at radius 3 is 2.69 bits per heavy atom. The van der Waals surface area contributed by atoms with E-state index in [-0.39, 0.29) is 11.4 Å². The van der Waals surface area contributed by atoms with Gasteiger partial charge in [-0.05, 0) is 36.2 Å². The molecule has 2 heterocycles. The maximum absolute atomic E-state index is 12.6. The fourth-order valence-corrected chi connectivity index (χ4v) is 3.41. The Kier molecular flexibility index (Phi) is 6.13. The van der Waals surface area contributed by atoms with Crippen molar-refractivity contribution in [1.82, 2.24) is 14.1 Å². The molecule has 0 atom stereocenters. The quantitative estimate of drug-likeness (QED) is 0.452. The molecule has 0 aliphatic rings. The van der Waals surface area contributed by atoms with Crippen LogP contribution in [0, 0.1) is 0 Å². The number of nitrogens with zero attached hydrogens (tertiary/aromatic N) is 4. The molecule has 0 saturated carbocycles. The number of anilines is 2. The predicted molar refractivity (Wildman–Crippen MR) is 116 cm³/mol. The van der Waals surface area contributed by atoms with Gasteiger partial charge >= 0.3 is 5.69 Å². The van der Waals surface area contributed by atoms with E-state index in [4.69, 9.17) is 10.5 Å². The Labute approximate surface area is 171 Å². The second-order valence-electron chi connectivity index (χ2n) is 6.24. The van der Waals surface area contributed by atoms with Crippen LogP contribution in [0.15, 0.2) is 44.3 Å². The molecule has 10 heteroatoms. The van der Waals surface area contributed by atoms with Gasteiger partial charge in [-0.15, -0.1) is 11.3 Å². The van der Waals surface area contributed by atoms with Gasteiger partial charge in [-0.1, -0.05) is 6.92 Å². The zero-order valence-electron chi connectivity index (χ0n) is 16.4. The number of benzene rings is 1. The summed E-state index contributed by atoms with van der Waals surface area (Å²) in [6.07, 6.45) is 2.36. The van der Waals surface area contributed by atoms with Gasteiger partial charge in [0.25, 0.3) is 5.56 Å². The number of nitrogen functional groups attached to an aromatic ring is 1. The van der Waals surface area contributed by atoms with Crippen LogP contribution in [0.5, 0.6) is 5.75 Å². The van der Waals surface area contributed by atoms with E-state index in [2.05, 4.69) is 15.5 Å². The molecule has 29 heavy (non-hydrogen) atoms. The summed E-state index contributed by atoms with van der Waals surface area (Å²) in [4.78, 5) is 29.3. The number of hydrazone groups is 1. The van der Waals surface area contributed by atoms with Gasteiger partial charge in [-0.3, -0.25) is 19.4 Å². The van der Waals surface area contributed by atoms with Crippen molar-refractivity contribution in [2.24, 2.45) is 12.1 Å². The van der Waals surface area contributed by atoms with Crippen LogP contribution in [-0.4, -0.2) is 27.4 Å². The number of methoxy groups -OCH3 is 1. The molecule has 0 aliphatic heterocycles. The van der Waals surface area contributed by atoms with Crippen molar-refractivity contribution in [3.63, 3.8) is 0 Å². The molecule has 0 radical (unpaired) electrons. The van der Waals surface area contributed by atoms with Gasteiger partial charge in [0.05, 0.1) is 19.0 Å². The second kappa shape index (κ2) is 8.74. The fourth-order valence-electron chi connectivity index (χ4n) is 2.76. The summed E-state index contributed by atoms with van der Waals surface area (Å²) in [6, 6.07) is 7.43. The lowest BCUT2D eigenvalue weighted by Gasteiger charge is -2.13. The summed E-state index contributed by atoms with van der Waals surface area (Å²) in [5, 5.41) is 6.37. The minimum Gasteiger partial charge on any atom is -0.497 e. The van der Waals surface area contributed by atoms with E-state index in [1.807, 2.05) is 31.2 Å². The summed E-state index contributed by atoms with van der Waals surface area (Å²) < 4.78 is 7.56. The summed E-state index contributed by atoms with van der Waals surface area (Å²) in [7, 11) is 3.05. The fraction of sp³-hybridized carbons (Fsp3) is 0.263. The van der Waals surface area contributed by atoms with Crippen LogP contribution in [-0.2, 0) is 13.6 Å². The summed E-state index contributed by atoms with van der Waals surface area (Å²) in [5.41, 5.74) is 9.57. The number of ether oxygens (including phenoxy) is 1. The van der Waals surface area contributed by atoms with E-state index in [9.17, 15) is 9.59 Å². The van der Waals surface area contributed by atoms with Crippen LogP contribution in [0.2, 0.25) is 0 Å². The van der Waals surface area contributed by atoms with Gasteiger partial charge in [0.2, 0.25) is 5.13 Å². The molecule has 2 aromatic heterocycles. The zero-order chi connectivity index (χ0) is 21.0. The molecule has 3 aromatic rings. The van der Waals surface area contributed by atoms with E-state index in [1.165, 1.54) is 23.0 Å². The first-order chi connectivity index (χ1) is 14.0. The smallest absolute Gasteiger partial charge is 0.332 e. The van der Waals surface area contributed by atoms with Crippen LogP contribution in [0.1, 0.15) is 18.9 Å². The third-order valence-corrected chi connectivity index (χ3v) is 5.03. The Morgan fingerprint density at radius 2 is 2.03 bits per heavy atom. The molecule has 0 aliphatic carbocycles. The normalized spacial score (nSPS) is 11.1. The largest absolute Gasteiger partial charge is 0.497 e. The monoisotopic (exact) mass is 414 g/mol. The van der Waals surface area contributed by atoms with Crippen molar-refractivity contribution in [3.05, 3.63) is 56.0 Å². The van der Waals surface area contributed by atoms with Gasteiger partial charge in [-0.2, -0.15) is 5.10 Å². The highest BCUT2D eigenvalue weighted by molar-refractivity contribution is 7.14. The van der Waals surface area contributed by atoms with E-state index in [0.29, 0.717) is 23.8 Å². The van der Waals surface area contributed by atoms with Gasteiger partial charge in [0, 0.05) is 19.0 Å². The van der Waals surface area contributed by atoms with Gasteiger partial charge in [0.1, 0.15) is 17.1 Å². The van der Waals surface area contributed by atoms with E-state index < -0.39 is 11.2 Å². The molecular weight excluding hydrogens is 392 g/mol.